The number of methoxy groups -OCH3 is 1. The van der Waals surface area contributed by atoms with Crippen LogP contribution in [0.3, 0.4) is 0 Å². The van der Waals surface area contributed by atoms with E-state index < -0.39 is 5.97 Å². The molecule has 1 N–H and O–H groups in total. The fourth-order valence-corrected chi connectivity index (χ4v) is 9.42. The van der Waals surface area contributed by atoms with Gasteiger partial charge in [0.25, 0.3) is 0 Å². The summed E-state index contributed by atoms with van der Waals surface area (Å²) in [5, 5.41) is 17.8. The van der Waals surface area contributed by atoms with E-state index in [1.165, 1.54) is 66.2 Å². The van der Waals surface area contributed by atoms with Gasteiger partial charge in [-0.1, -0.05) is 116 Å². The third-order valence-corrected chi connectivity index (χ3v) is 13.8. The van der Waals surface area contributed by atoms with Crippen molar-refractivity contribution in [2.24, 2.45) is 0 Å². The largest absolute Gasteiger partial charge is 0.489 e. The summed E-state index contributed by atoms with van der Waals surface area (Å²) in [5.41, 5.74) is 10.8. The molecule has 2 aromatic heterocycles. The van der Waals surface area contributed by atoms with Crippen molar-refractivity contribution in [1.82, 2.24) is 19.6 Å². The standard InChI is InChI=1S/C28H34N2O3.C27H32N2O3/c1-27(2)13-14-28(3,4)24-17-20(7-12-23(24)27)19-33-22-10-8-21(9-11-22)25(18-26(31)32-5)30-16-6-15-29-30;1-26(2)12-13-27(3,4)23-16-19(6-11-22(23)26)18-32-21-9-7-20(8-10-21)24(17-25(30)31)29-15-5-14-28-29/h6-12,15-17,25H,13-14,18-19H2,1-5H3;5-11,14-16,24H,12-13,17-18H2,1-4H3,(H,30,31)/t25-;24-/m00/s1. The maximum atomic E-state index is 11.9. The molecule has 6 aromatic rings. The van der Waals surface area contributed by atoms with Crippen molar-refractivity contribution >= 4 is 11.9 Å². The zero-order valence-corrected chi connectivity index (χ0v) is 39.6. The van der Waals surface area contributed by atoms with E-state index in [0.717, 1.165) is 22.6 Å². The second-order valence-electron chi connectivity index (χ2n) is 20.4. The maximum Gasteiger partial charge on any atom is 0.308 e. The lowest BCUT2D eigenvalue weighted by molar-refractivity contribution is -0.141. The number of esters is 1. The summed E-state index contributed by atoms with van der Waals surface area (Å²) in [6.07, 6.45) is 12.0. The summed E-state index contributed by atoms with van der Waals surface area (Å²) < 4.78 is 20.5. The summed E-state index contributed by atoms with van der Waals surface area (Å²) in [6, 6.07) is 32.2. The smallest absolute Gasteiger partial charge is 0.308 e. The Bertz CT molecular complexity index is 2540. The van der Waals surface area contributed by atoms with E-state index in [4.69, 9.17) is 14.2 Å². The molecule has 8 rings (SSSR count). The topological polar surface area (TPSA) is 118 Å². The average molecular weight is 879 g/mol. The number of rotatable bonds is 14. The molecule has 0 radical (unpaired) electrons. The van der Waals surface area contributed by atoms with Crippen LogP contribution >= 0.6 is 0 Å². The average Bonchev–Trinajstić information content (AvgIpc) is 4.03. The molecule has 10 heteroatoms. The van der Waals surface area contributed by atoms with E-state index in [9.17, 15) is 14.7 Å². The number of carboxylic acid groups (broad SMARTS) is 1. The first kappa shape index (κ1) is 46.8. The van der Waals surface area contributed by atoms with E-state index in [2.05, 4.69) is 102 Å². The lowest BCUT2D eigenvalue weighted by atomic mass is 9.63. The van der Waals surface area contributed by atoms with Crippen LogP contribution in [-0.2, 0) is 49.2 Å². The Balaban J connectivity index is 0.000000194. The van der Waals surface area contributed by atoms with Gasteiger partial charge in [0.2, 0.25) is 0 Å². The summed E-state index contributed by atoms with van der Waals surface area (Å²) in [5.74, 6) is 0.438. The highest BCUT2D eigenvalue weighted by molar-refractivity contribution is 5.70. The fourth-order valence-electron chi connectivity index (χ4n) is 9.42. The molecule has 0 fully saturated rings. The predicted molar refractivity (Wildman–Crippen MR) is 255 cm³/mol. The number of hydrogen-bond acceptors (Lipinski definition) is 7. The van der Waals surface area contributed by atoms with Crippen LogP contribution in [-0.4, -0.2) is 43.7 Å². The monoisotopic (exact) mass is 878 g/mol. The molecule has 2 aliphatic carbocycles. The molecule has 10 nitrogen and oxygen atoms in total. The third kappa shape index (κ3) is 11.0. The molecule has 0 bridgehead atoms. The summed E-state index contributed by atoms with van der Waals surface area (Å²) in [7, 11) is 1.40. The van der Waals surface area contributed by atoms with Crippen LogP contribution < -0.4 is 9.47 Å². The molecular formula is C55H66N4O6. The van der Waals surface area contributed by atoms with Crippen molar-refractivity contribution in [2.75, 3.05) is 7.11 Å². The van der Waals surface area contributed by atoms with Crippen molar-refractivity contribution in [3.63, 3.8) is 0 Å². The number of benzene rings is 4. The lowest BCUT2D eigenvalue weighted by Gasteiger charge is -2.42. The van der Waals surface area contributed by atoms with Crippen LogP contribution in [0.25, 0.3) is 0 Å². The number of fused-ring (bicyclic) bond motifs is 2. The van der Waals surface area contributed by atoms with Gasteiger partial charge in [-0.15, -0.1) is 0 Å². The van der Waals surface area contributed by atoms with Crippen molar-refractivity contribution in [1.29, 1.82) is 0 Å². The minimum absolute atomic E-state index is 0.0247. The van der Waals surface area contributed by atoms with Crippen LogP contribution in [0.5, 0.6) is 11.5 Å². The quantitative estimate of drug-likeness (QED) is 0.108. The molecule has 0 saturated heterocycles. The number of aliphatic carboxylic acids is 1. The zero-order chi connectivity index (χ0) is 46.6. The Kier molecular flexibility index (Phi) is 13.8. The number of carbonyl (C=O) groups is 2. The molecule has 2 aliphatic rings. The van der Waals surface area contributed by atoms with Crippen LogP contribution in [0, 0.1) is 0 Å². The van der Waals surface area contributed by atoms with E-state index in [1.807, 2.05) is 60.8 Å². The lowest BCUT2D eigenvalue weighted by Crippen LogP contribution is -2.33. The highest BCUT2D eigenvalue weighted by atomic mass is 16.5. The Hall–Kier alpha value is -6.16. The Morgan fingerprint density at radius 2 is 0.954 bits per heavy atom. The van der Waals surface area contributed by atoms with Gasteiger partial charge in [0.05, 0.1) is 32.0 Å². The molecule has 0 aliphatic heterocycles. The number of carbonyl (C=O) groups excluding carboxylic acids is 1. The normalized spacial score (nSPS) is 17.2. The Labute approximate surface area is 385 Å². The van der Waals surface area contributed by atoms with Gasteiger partial charge in [0.1, 0.15) is 24.7 Å². The van der Waals surface area contributed by atoms with Crippen LogP contribution in [0.15, 0.2) is 122 Å². The van der Waals surface area contributed by atoms with Crippen molar-refractivity contribution < 1.29 is 28.9 Å². The van der Waals surface area contributed by atoms with Crippen molar-refractivity contribution in [2.45, 2.75) is 141 Å². The highest BCUT2D eigenvalue weighted by Crippen LogP contribution is 2.47. The third-order valence-electron chi connectivity index (χ3n) is 13.8. The first-order valence-corrected chi connectivity index (χ1v) is 22.9. The van der Waals surface area contributed by atoms with Crippen LogP contribution in [0.2, 0.25) is 0 Å². The molecular weight excluding hydrogens is 813 g/mol. The predicted octanol–water partition coefficient (Wildman–Crippen LogP) is 11.8. The second-order valence-corrected chi connectivity index (χ2v) is 20.4. The molecule has 342 valence electrons. The number of nitrogens with zero attached hydrogens (tertiary/aromatic N) is 4. The van der Waals surface area contributed by atoms with Crippen LogP contribution in [0.4, 0.5) is 0 Å². The SMILES string of the molecule is CC1(C)CCC(C)(C)c2cc(COc3ccc([C@H](CC(=O)O)n4cccn4)cc3)ccc21.COC(=O)C[C@@H](c1ccc(OCc2ccc3c(c2)C(C)(C)CCC3(C)C)cc1)n1cccn1. The van der Waals surface area contributed by atoms with Crippen LogP contribution in [0.1, 0.15) is 151 Å². The molecule has 0 spiro atoms. The first-order valence-electron chi connectivity index (χ1n) is 22.9. The maximum absolute atomic E-state index is 11.9. The van der Waals surface area contributed by atoms with Crippen molar-refractivity contribution in [3.8, 4) is 11.5 Å². The van der Waals surface area contributed by atoms with E-state index in [0.29, 0.717) is 13.2 Å². The first-order chi connectivity index (χ1) is 30.8. The molecule has 2 heterocycles. The minimum atomic E-state index is -0.857. The zero-order valence-electron chi connectivity index (χ0n) is 39.6. The Morgan fingerprint density at radius 3 is 1.31 bits per heavy atom. The molecule has 2 atom stereocenters. The number of aromatic nitrogens is 4. The molecule has 0 amide bonds. The Morgan fingerprint density at radius 1 is 0.569 bits per heavy atom. The minimum Gasteiger partial charge on any atom is -0.489 e. The van der Waals surface area contributed by atoms with Gasteiger partial charge in [-0.3, -0.25) is 19.0 Å². The molecule has 0 saturated carbocycles. The van der Waals surface area contributed by atoms with Crippen molar-refractivity contribution in [3.05, 3.63) is 166 Å². The number of hydrogen-bond donors (Lipinski definition) is 1. The molecule has 4 aromatic carbocycles. The number of ether oxygens (including phenoxy) is 3. The van der Waals surface area contributed by atoms with E-state index in [1.54, 1.807) is 34.0 Å². The van der Waals surface area contributed by atoms with Gasteiger partial charge in [-0.2, -0.15) is 10.2 Å². The summed E-state index contributed by atoms with van der Waals surface area (Å²) in [6.45, 7) is 19.7. The number of carboxylic acids is 1. The summed E-state index contributed by atoms with van der Waals surface area (Å²) >= 11 is 0. The molecule has 0 unspecified atom stereocenters. The highest BCUT2D eigenvalue weighted by Gasteiger charge is 2.38. The van der Waals surface area contributed by atoms with E-state index in [-0.39, 0.29) is 52.6 Å². The van der Waals surface area contributed by atoms with Gasteiger partial charge in [-0.05, 0) is 128 Å². The second kappa shape index (κ2) is 19.1. The van der Waals surface area contributed by atoms with Gasteiger partial charge in [0.15, 0.2) is 0 Å². The van der Waals surface area contributed by atoms with Gasteiger partial charge in [-0.25, -0.2) is 0 Å². The fraction of sp³-hybridized carbons (Fsp3) is 0.418. The summed E-state index contributed by atoms with van der Waals surface area (Å²) in [4.78, 5) is 23.2. The molecule has 65 heavy (non-hydrogen) atoms. The van der Waals surface area contributed by atoms with Gasteiger partial charge >= 0.3 is 11.9 Å². The van der Waals surface area contributed by atoms with E-state index >= 15 is 0 Å². The van der Waals surface area contributed by atoms with Gasteiger partial charge < -0.3 is 19.3 Å². The van der Waals surface area contributed by atoms with Gasteiger partial charge in [0, 0.05) is 24.8 Å².